The number of hydrogen-bond donors (Lipinski definition) is 1. The van der Waals surface area contributed by atoms with Crippen molar-refractivity contribution in [2.45, 2.75) is 25.0 Å². The Kier molecular flexibility index (Phi) is 4.73. The minimum atomic E-state index is -1.05. The lowest BCUT2D eigenvalue weighted by molar-refractivity contribution is -0.386. The number of ether oxygens (including phenoxy) is 2. The van der Waals surface area contributed by atoms with Gasteiger partial charge in [-0.2, -0.15) is 0 Å². The Labute approximate surface area is 126 Å². The molecule has 1 N–H and O–H groups in total. The Hall–Kier alpha value is -1.74. The second-order valence-corrected chi connectivity index (χ2v) is 5.32. The minimum Gasteiger partial charge on any atom is -0.483 e. The number of nitro benzene ring substituents is 1. The average molecular weight is 364 g/mol. The predicted octanol–water partition coefficient (Wildman–Crippen LogP) is 2.51. The van der Waals surface area contributed by atoms with Gasteiger partial charge < -0.3 is 14.6 Å². The van der Waals surface area contributed by atoms with Gasteiger partial charge in [0.25, 0.3) is 0 Å². The van der Waals surface area contributed by atoms with Crippen LogP contribution in [0.5, 0.6) is 5.75 Å². The summed E-state index contributed by atoms with van der Waals surface area (Å²) in [5.74, 6) is -1.92. The van der Waals surface area contributed by atoms with E-state index in [1.165, 1.54) is 0 Å². The maximum Gasteiger partial charge on any atom is 0.332 e. The quantitative estimate of drug-likeness (QED) is 0.637. The molecule has 1 fully saturated rings. The third kappa shape index (κ3) is 3.67. The van der Waals surface area contributed by atoms with Crippen LogP contribution in [0.25, 0.3) is 0 Å². The molecule has 1 saturated heterocycles. The van der Waals surface area contributed by atoms with Crippen molar-refractivity contribution in [1.29, 1.82) is 0 Å². The van der Waals surface area contributed by atoms with Crippen LogP contribution in [0, 0.1) is 15.9 Å². The van der Waals surface area contributed by atoms with Crippen LogP contribution in [0.3, 0.4) is 0 Å². The molecule has 1 aromatic rings. The standard InChI is InChI=1S/C12H11BrFNO6/c13-8-3-6(14)4-9(15(18)19)11(8)20-5-7-1-2-10(21-7)12(16)17/h3-4,7,10H,1-2,5H2,(H,16,17). The summed E-state index contributed by atoms with van der Waals surface area (Å²) in [4.78, 5) is 20.9. The van der Waals surface area contributed by atoms with Crippen molar-refractivity contribution in [2.75, 3.05) is 6.61 Å². The number of nitro groups is 1. The molecular weight excluding hydrogens is 353 g/mol. The minimum absolute atomic E-state index is 0.0468. The third-order valence-electron chi connectivity index (χ3n) is 2.98. The average Bonchev–Trinajstić information content (AvgIpc) is 2.85. The first-order valence-electron chi connectivity index (χ1n) is 6.03. The van der Waals surface area contributed by atoms with E-state index in [1.807, 2.05) is 0 Å². The molecule has 0 aromatic heterocycles. The summed E-state index contributed by atoms with van der Waals surface area (Å²) in [5, 5.41) is 19.7. The molecule has 2 unspecified atom stereocenters. The van der Waals surface area contributed by atoms with Gasteiger partial charge in [0.05, 0.1) is 21.6 Å². The molecule has 7 nitrogen and oxygen atoms in total. The van der Waals surface area contributed by atoms with E-state index >= 15 is 0 Å². The molecule has 2 atom stereocenters. The lowest BCUT2D eigenvalue weighted by atomic mass is 10.2. The molecule has 1 aromatic carbocycles. The zero-order valence-corrected chi connectivity index (χ0v) is 12.2. The number of carboxylic acids is 1. The van der Waals surface area contributed by atoms with E-state index in [-0.39, 0.29) is 16.8 Å². The summed E-state index contributed by atoms with van der Waals surface area (Å²) in [6.07, 6.45) is -0.521. The van der Waals surface area contributed by atoms with E-state index < -0.39 is 34.6 Å². The zero-order chi connectivity index (χ0) is 15.6. The van der Waals surface area contributed by atoms with Gasteiger partial charge in [-0.05, 0) is 34.8 Å². The van der Waals surface area contributed by atoms with Gasteiger partial charge in [0.15, 0.2) is 6.10 Å². The van der Waals surface area contributed by atoms with Gasteiger partial charge in [0, 0.05) is 0 Å². The molecule has 1 aliphatic rings. The van der Waals surface area contributed by atoms with Gasteiger partial charge in [-0.15, -0.1) is 0 Å². The molecule has 0 amide bonds. The molecule has 0 radical (unpaired) electrons. The number of carbonyl (C=O) groups is 1. The topological polar surface area (TPSA) is 98.9 Å². The number of halogens is 2. The van der Waals surface area contributed by atoms with Crippen LogP contribution in [0.1, 0.15) is 12.8 Å². The molecule has 1 heterocycles. The normalized spacial score (nSPS) is 21.2. The van der Waals surface area contributed by atoms with Gasteiger partial charge in [0.2, 0.25) is 5.75 Å². The SMILES string of the molecule is O=C(O)C1CCC(COc2c(Br)cc(F)cc2[N+](=O)[O-])O1. The van der Waals surface area contributed by atoms with E-state index in [0.717, 1.165) is 12.1 Å². The highest BCUT2D eigenvalue weighted by Crippen LogP contribution is 2.36. The maximum absolute atomic E-state index is 13.2. The summed E-state index contributed by atoms with van der Waals surface area (Å²) in [7, 11) is 0. The molecule has 0 spiro atoms. The number of aliphatic carboxylic acids is 1. The largest absolute Gasteiger partial charge is 0.483 e. The van der Waals surface area contributed by atoms with E-state index in [9.17, 15) is 19.3 Å². The fourth-order valence-corrected chi connectivity index (χ4v) is 2.55. The van der Waals surface area contributed by atoms with E-state index in [4.69, 9.17) is 14.6 Å². The molecule has 114 valence electrons. The molecule has 0 aliphatic carbocycles. The maximum atomic E-state index is 13.2. The summed E-state index contributed by atoms with van der Waals surface area (Å²) < 4.78 is 23.8. The molecule has 0 saturated carbocycles. The van der Waals surface area contributed by atoms with Gasteiger partial charge in [-0.25, -0.2) is 9.18 Å². The number of benzene rings is 1. The second kappa shape index (κ2) is 6.35. The summed E-state index contributed by atoms with van der Waals surface area (Å²) in [6.45, 7) is -0.0468. The smallest absolute Gasteiger partial charge is 0.332 e. The molecule has 0 bridgehead atoms. The van der Waals surface area contributed by atoms with Gasteiger partial charge in [0.1, 0.15) is 12.4 Å². The van der Waals surface area contributed by atoms with Crippen molar-refractivity contribution in [3.05, 3.63) is 32.5 Å². The summed E-state index contributed by atoms with van der Waals surface area (Å²) >= 11 is 3.01. The fourth-order valence-electron chi connectivity index (χ4n) is 2.01. The fraction of sp³-hybridized carbons (Fsp3) is 0.417. The van der Waals surface area contributed by atoms with Crippen molar-refractivity contribution in [3.8, 4) is 5.75 Å². The number of carboxylic acid groups (broad SMARTS) is 1. The molecule has 1 aliphatic heterocycles. The number of nitrogens with zero attached hydrogens (tertiary/aromatic N) is 1. The Morgan fingerprint density at radius 3 is 2.86 bits per heavy atom. The van der Waals surface area contributed by atoms with Crippen LogP contribution in [0.4, 0.5) is 10.1 Å². The Morgan fingerprint density at radius 2 is 2.29 bits per heavy atom. The van der Waals surface area contributed by atoms with Crippen molar-refractivity contribution < 1.29 is 28.7 Å². The number of rotatable bonds is 5. The number of hydrogen-bond acceptors (Lipinski definition) is 5. The van der Waals surface area contributed by atoms with Crippen LogP contribution in [-0.2, 0) is 9.53 Å². The third-order valence-corrected chi connectivity index (χ3v) is 3.57. The zero-order valence-electron chi connectivity index (χ0n) is 10.6. The van der Waals surface area contributed by atoms with Crippen LogP contribution in [0.2, 0.25) is 0 Å². The summed E-state index contributed by atoms with van der Waals surface area (Å²) in [5.41, 5.74) is -0.505. The van der Waals surface area contributed by atoms with Crippen molar-refractivity contribution in [3.63, 3.8) is 0 Å². The summed E-state index contributed by atoms with van der Waals surface area (Å²) in [6, 6.07) is 1.81. The monoisotopic (exact) mass is 363 g/mol. The first kappa shape index (κ1) is 15.6. The van der Waals surface area contributed by atoms with Crippen LogP contribution >= 0.6 is 15.9 Å². The van der Waals surface area contributed by atoms with Crippen LogP contribution < -0.4 is 4.74 Å². The predicted molar refractivity (Wildman–Crippen MR) is 71.8 cm³/mol. The lowest BCUT2D eigenvalue weighted by Crippen LogP contribution is -2.23. The molecular formula is C12H11BrFNO6. The van der Waals surface area contributed by atoms with Crippen molar-refractivity contribution in [1.82, 2.24) is 0 Å². The molecule has 2 rings (SSSR count). The lowest BCUT2D eigenvalue weighted by Gasteiger charge is -2.13. The second-order valence-electron chi connectivity index (χ2n) is 4.47. The highest BCUT2D eigenvalue weighted by atomic mass is 79.9. The highest BCUT2D eigenvalue weighted by molar-refractivity contribution is 9.10. The molecule has 21 heavy (non-hydrogen) atoms. The first-order valence-corrected chi connectivity index (χ1v) is 6.82. The van der Waals surface area contributed by atoms with Gasteiger partial charge in [-0.3, -0.25) is 10.1 Å². The first-order chi connectivity index (χ1) is 9.88. The Morgan fingerprint density at radius 1 is 1.57 bits per heavy atom. The highest BCUT2D eigenvalue weighted by Gasteiger charge is 2.31. The van der Waals surface area contributed by atoms with Crippen molar-refractivity contribution in [2.24, 2.45) is 0 Å². The van der Waals surface area contributed by atoms with E-state index in [0.29, 0.717) is 12.8 Å². The van der Waals surface area contributed by atoms with Crippen LogP contribution in [-0.4, -0.2) is 34.8 Å². The van der Waals surface area contributed by atoms with Crippen molar-refractivity contribution >= 4 is 27.6 Å². The van der Waals surface area contributed by atoms with Crippen LogP contribution in [0.15, 0.2) is 16.6 Å². The Balaban J connectivity index is 2.07. The Bertz CT molecular complexity index is 581. The molecule has 9 heteroatoms. The van der Waals surface area contributed by atoms with Gasteiger partial charge in [-0.1, -0.05) is 0 Å². The van der Waals surface area contributed by atoms with E-state index in [2.05, 4.69) is 15.9 Å². The van der Waals surface area contributed by atoms with E-state index in [1.54, 1.807) is 0 Å². The van der Waals surface area contributed by atoms with Gasteiger partial charge >= 0.3 is 11.7 Å².